The predicted molar refractivity (Wildman–Crippen MR) is 102 cm³/mol. The van der Waals surface area contributed by atoms with E-state index in [0.29, 0.717) is 35.2 Å². The van der Waals surface area contributed by atoms with E-state index in [1.807, 2.05) is 18.2 Å². The molecule has 2 amide bonds. The number of ether oxygens (including phenoxy) is 3. The zero-order valence-corrected chi connectivity index (χ0v) is 15.5. The molecule has 1 saturated heterocycles. The summed E-state index contributed by atoms with van der Waals surface area (Å²) < 4.78 is 15.8. The Kier molecular flexibility index (Phi) is 5.49. The lowest BCUT2D eigenvalue weighted by atomic mass is 10.1. The van der Waals surface area contributed by atoms with E-state index in [4.69, 9.17) is 14.2 Å². The van der Waals surface area contributed by atoms with Crippen LogP contribution in [0.4, 0.5) is 11.4 Å². The van der Waals surface area contributed by atoms with E-state index in [0.717, 1.165) is 0 Å². The van der Waals surface area contributed by atoms with Crippen molar-refractivity contribution in [2.45, 2.75) is 6.42 Å². The fourth-order valence-electron chi connectivity index (χ4n) is 3.13. The first-order chi connectivity index (χ1) is 13.1. The molecule has 1 unspecified atom stereocenters. The lowest BCUT2D eigenvalue weighted by Gasteiger charge is -2.19. The molecule has 2 aromatic carbocycles. The van der Waals surface area contributed by atoms with Gasteiger partial charge in [-0.1, -0.05) is 12.1 Å². The molecule has 0 aromatic heterocycles. The molecule has 1 heterocycles. The Morgan fingerprint density at radius 3 is 2.41 bits per heavy atom. The van der Waals surface area contributed by atoms with Crippen molar-refractivity contribution in [3.63, 3.8) is 0 Å². The third-order valence-electron chi connectivity index (χ3n) is 4.52. The molecule has 1 aliphatic heterocycles. The van der Waals surface area contributed by atoms with Crippen molar-refractivity contribution in [2.24, 2.45) is 5.92 Å². The average molecular weight is 370 g/mol. The second kappa shape index (κ2) is 7.99. The van der Waals surface area contributed by atoms with Crippen LogP contribution in [0.15, 0.2) is 42.5 Å². The second-order valence-electron chi connectivity index (χ2n) is 6.14. The molecule has 0 aliphatic carbocycles. The van der Waals surface area contributed by atoms with Crippen LogP contribution >= 0.6 is 0 Å². The van der Waals surface area contributed by atoms with Crippen molar-refractivity contribution in [3.8, 4) is 17.2 Å². The summed E-state index contributed by atoms with van der Waals surface area (Å²) in [5.74, 6) is 0.935. The van der Waals surface area contributed by atoms with Gasteiger partial charge in [0.25, 0.3) is 0 Å². The summed E-state index contributed by atoms with van der Waals surface area (Å²) in [6.45, 7) is 0.304. The number of carbonyl (C=O) groups is 2. The molecule has 0 radical (unpaired) electrons. The molecule has 27 heavy (non-hydrogen) atoms. The molecule has 0 spiro atoms. The van der Waals surface area contributed by atoms with Gasteiger partial charge < -0.3 is 24.4 Å². The van der Waals surface area contributed by atoms with Crippen LogP contribution in [-0.4, -0.2) is 39.7 Å². The van der Waals surface area contributed by atoms with Gasteiger partial charge in [-0.05, 0) is 24.3 Å². The number of hydrogen-bond donors (Lipinski definition) is 1. The number of carbonyl (C=O) groups excluding carboxylic acids is 2. The molecule has 1 atom stereocenters. The van der Waals surface area contributed by atoms with Crippen LogP contribution in [0.25, 0.3) is 0 Å². The van der Waals surface area contributed by atoms with Gasteiger partial charge in [-0.15, -0.1) is 0 Å². The molecule has 2 aromatic rings. The van der Waals surface area contributed by atoms with Crippen molar-refractivity contribution in [2.75, 3.05) is 38.1 Å². The Bertz CT molecular complexity index is 852. The zero-order chi connectivity index (χ0) is 19.4. The molecule has 0 bridgehead atoms. The first-order valence-corrected chi connectivity index (χ1v) is 8.53. The van der Waals surface area contributed by atoms with Gasteiger partial charge in [-0.2, -0.15) is 0 Å². The second-order valence-corrected chi connectivity index (χ2v) is 6.14. The molecular formula is C20H22N2O5. The number of rotatable bonds is 6. The SMILES string of the molecule is COc1ccc(NC(=O)C2CC(=O)N(c3ccccc3OC)C2)cc1OC. The lowest BCUT2D eigenvalue weighted by molar-refractivity contribution is -0.122. The van der Waals surface area contributed by atoms with Crippen molar-refractivity contribution in [3.05, 3.63) is 42.5 Å². The molecule has 3 rings (SSSR count). The van der Waals surface area contributed by atoms with Gasteiger partial charge in [0.1, 0.15) is 5.75 Å². The van der Waals surface area contributed by atoms with Crippen LogP contribution in [0.5, 0.6) is 17.2 Å². The maximum absolute atomic E-state index is 12.7. The number of nitrogens with one attached hydrogen (secondary N) is 1. The molecule has 7 nitrogen and oxygen atoms in total. The maximum Gasteiger partial charge on any atom is 0.229 e. The van der Waals surface area contributed by atoms with Crippen molar-refractivity contribution in [1.29, 1.82) is 0 Å². The number of benzene rings is 2. The normalized spacial score (nSPS) is 16.2. The van der Waals surface area contributed by atoms with Crippen LogP contribution in [0.1, 0.15) is 6.42 Å². The van der Waals surface area contributed by atoms with Crippen molar-refractivity contribution >= 4 is 23.2 Å². The topological polar surface area (TPSA) is 77.1 Å². The highest BCUT2D eigenvalue weighted by atomic mass is 16.5. The summed E-state index contributed by atoms with van der Waals surface area (Å²) in [6, 6.07) is 12.4. The largest absolute Gasteiger partial charge is 0.495 e. The Balaban J connectivity index is 1.73. The summed E-state index contributed by atoms with van der Waals surface area (Å²) in [4.78, 5) is 26.7. The van der Waals surface area contributed by atoms with Gasteiger partial charge in [-0.3, -0.25) is 9.59 Å². The van der Waals surface area contributed by atoms with E-state index >= 15 is 0 Å². The third-order valence-corrected chi connectivity index (χ3v) is 4.52. The lowest BCUT2D eigenvalue weighted by Crippen LogP contribution is -2.28. The monoisotopic (exact) mass is 370 g/mol. The van der Waals surface area contributed by atoms with Crippen LogP contribution in [-0.2, 0) is 9.59 Å². The number of anilines is 2. The Hall–Kier alpha value is -3.22. The molecular weight excluding hydrogens is 348 g/mol. The number of nitrogens with zero attached hydrogens (tertiary/aromatic N) is 1. The van der Waals surface area contributed by atoms with Gasteiger partial charge in [-0.25, -0.2) is 0 Å². The standard InChI is InChI=1S/C20H22N2O5/c1-25-16-7-5-4-6-15(16)22-12-13(10-19(22)23)20(24)21-14-8-9-17(26-2)18(11-14)27-3/h4-9,11,13H,10,12H2,1-3H3,(H,21,24). The molecule has 142 valence electrons. The minimum atomic E-state index is -0.449. The zero-order valence-electron chi connectivity index (χ0n) is 15.5. The molecule has 1 fully saturated rings. The Labute approximate surface area is 157 Å². The summed E-state index contributed by atoms with van der Waals surface area (Å²) >= 11 is 0. The first kappa shape index (κ1) is 18.6. The van der Waals surface area contributed by atoms with Gasteiger partial charge in [0.15, 0.2) is 11.5 Å². The minimum Gasteiger partial charge on any atom is -0.495 e. The maximum atomic E-state index is 12.7. The number of para-hydroxylation sites is 2. The van der Waals surface area contributed by atoms with Crippen LogP contribution in [0.3, 0.4) is 0 Å². The molecule has 0 saturated carbocycles. The van der Waals surface area contributed by atoms with E-state index in [1.165, 1.54) is 7.11 Å². The predicted octanol–water partition coefficient (Wildman–Crippen LogP) is 2.70. The van der Waals surface area contributed by atoms with Crippen molar-refractivity contribution in [1.82, 2.24) is 0 Å². The third kappa shape index (κ3) is 3.81. The summed E-state index contributed by atoms with van der Waals surface area (Å²) in [7, 11) is 4.64. The minimum absolute atomic E-state index is 0.105. The van der Waals surface area contributed by atoms with E-state index in [9.17, 15) is 9.59 Å². The summed E-state index contributed by atoms with van der Waals surface area (Å²) in [5.41, 5.74) is 1.26. The molecule has 1 N–H and O–H groups in total. The highest BCUT2D eigenvalue weighted by molar-refractivity contribution is 6.04. The average Bonchev–Trinajstić information content (AvgIpc) is 3.09. The number of hydrogen-bond acceptors (Lipinski definition) is 5. The number of amides is 2. The van der Waals surface area contributed by atoms with Crippen LogP contribution < -0.4 is 24.4 Å². The Morgan fingerprint density at radius 2 is 1.70 bits per heavy atom. The van der Waals surface area contributed by atoms with Crippen molar-refractivity contribution < 1.29 is 23.8 Å². The van der Waals surface area contributed by atoms with Gasteiger partial charge in [0.2, 0.25) is 11.8 Å². The first-order valence-electron chi connectivity index (χ1n) is 8.53. The fraction of sp³-hybridized carbons (Fsp3) is 0.300. The van der Waals surface area contributed by atoms with E-state index < -0.39 is 5.92 Å². The summed E-state index contributed by atoms with van der Waals surface area (Å²) in [6.07, 6.45) is 0.150. The fourth-order valence-corrected chi connectivity index (χ4v) is 3.13. The van der Waals surface area contributed by atoms with Gasteiger partial charge in [0.05, 0.1) is 32.9 Å². The number of methoxy groups -OCH3 is 3. The summed E-state index contributed by atoms with van der Waals surface area (Å²) in [5, 5.41) is 2.85. The van der Waals surface area contributed by atoms with Gasteiger partial charge in [0, 0.05) is 24.7 Å². The smallest absolute Gasteiger partial charge is 0.229 e. The van der Waals surface area contributed by atoms with Crippen LogP contribution in [0.2, 0.25) is 0 Å². The van der Waals surface area contributed by atoms with E-state index in [1.54, 1.807) is 43.4 Å². The van der Waals surface area contributed by atoms with E-state index in [-0.39, 0.29) is 18.2 Å². The van der Waals surface area contributed by atoms with E-state index in [2.05, 4.69) is 5.32 Å². The van der Waals surface area contributed by atoms with Crippen LogP contribution in [0, 0.1) is 5.92 Å². The van der Waals surface area contributed by atoms with Gasteiger partial charge >= 0.3 is 0 Å². The highest BCUT2D eigenvalue weighted by Gasteiger charge is 2.36. The molecule has 1 aliphatic rings. The highest BCUT2D eigenvalue weighted by Crippen LogP contribution is 2.34. The quantitative estimate of drug-likeness (QED) is 0.846. The Morgan fingerprint density at radius 1 is 1.00 bits per heavy atom. The molecule has 7 heteroatoms.